The smallest absolute Gasteiger partial charge is 0.411 e. The fourth-order valence-corrected chi connectivity index (χ4v) is 1.68. The highest BCUT2D eigenvalue weighted by Gasteiger charge is 2.10. The topological polar surface area (TPSA) is 92.7 Å². The number of carboxylic acid groups (broad SMARTS) is 1. The summed E-state index contributed by atoms with van der Waals surface area (Å²) in [5, 5.41) is 14.8. The highest BCUT2D eigenvalue weighted by Crippen LogP contribution is 2.20. The Bertz CT molecular complexity index is 702. The molecule has 2 N–H and O–H groups in total. The maximum atomic E-state index is 10.5. The van der Waals surface area contributed by atoms with Gasteiger partial charge in [-0.25, -0.2) is 9.31 Å². The predicted octanol–water partition coefficient (Wildman–Crippen LogP) is 2.08. The molecular formula is C11H8N4O3. The van der Waals surface area contributed by atoms with Crippen molar-refractivity contribution in [3.8, 4) is 11.3 Å². The van der Waals surface area contributed by atoms with Gasteiger partial charge in [0, 0.05) is 5.56 Å². The molecule has 3 rings (SSSR count). The third-order valence-corrected chi connectivity index (χ3v) is 2.40. The lowest BCUT2D eigenvalue weighted by atomic mass is 10.2. The first-order chi connectivity index (χ1) is 8.74. The molecule has 3 aromatic heterocycles. The lowest BCUT2D eigenvalue weighted by Crippen LogP contribution is -2.08. The maximum Gasteiger partial charge on any atom is 0.411 e. The van der Waals surface area contributed by atoms with Gasteiger partial charge in [-0.05, 0) is 18.2 Å². The van der Waals surface area contributed by atoms with Crippen LogP contribution in [0.4, 0.5) is 10.7 Å². The maximum absolute atomic E-state index is 10.5. The van der Waals surface area contributed by atoms with Crippen molar-refractivity contribution >= 4 is 17.7 Å². The van der Waals surface area contributed by atoms with Crippen LogP contribution in [0.2, 0.25) is 0 Å². The van der Waals surface area contributed by atoms with Crippen molar-refractivity contribution in [3.05, 3.63) is 36.8 Å². The van der Waals surface area contributed by atoms with Crippen LogP contribution < -0.4 is 5.32 Å². The summed E-state index contributed by atoms with van der Waals surface area (Å²) in [5.74, 6) is 0.0402. The van der Waals surface area contributed by atoms with E-state index in [-0.39, 0.29) is 5.95 Å². The van der Waals surface area contributed by atoms with Gasteiger partial charge in [-0.15, -0.1) is 5.10 Å². The molecule has 0 fully saturated rings. The zero-order valence-electron chi connectivity index (χ0n) is 9.07. The van der Waals surface area contributed by atoms with Gasteiger partial charge in [0.05, 0.1) is 18.2 Å². The molecule has 0 aliphatic rings. The van der Waals surface area contributed by atoms with Crippen molar-refractivity contribution in [2.75, 3.05) is 5.32 Å². The number of hydrogen-bond acceptors (Lipinski definition) is 4. The highest BCUT2D eigenvalue weighted by atomic mass is 16.4. The van der Waals surface area contributed by atoms with Gasteiger partial charge >= 0.3 is 6.09 Å². The van der Waals surface area contributed by atoms with Crippen LogP contribution in [-0.4, -0.2) is 25.8 Å². The van der Waals surface area contributed by atoms with Crippen LogP contribution in [0.1, 0.15) is 0 Å². The first kappa shape index (κ1) is 10.3. The molecule has 0 saturated heterocycles. The van der Waals surface area contributed by atoms with Crippen molar-refractivity contribution in [1.82, 2.24) is 14.6 Å². The first-order valence-corrected chi connectivity index (χ1v) is 5.12. The Morgan fingerprint density at radius 3 is 3.00 bits per heavy atom. The molecule has 7 heteroatoms. The van der Waals surface area contributed by atoms with E-state index < -0.39 is 6.09 Å². The molecule has 0 aliphatic carbocycles. The third-order valence-electron chi connectivity index (χ3n) is 2.40. The van der Waals surface area contributed by atoms with E-state index in [1.165, 1.54) is 0 Å². The molecule has 0 saturated carbocycles. The van der Waals surface area contributed by atoms with Gasteiger partial charge in [-0.3, -0.25) is 5.32 Å². The molecule has 0 bridgehead atoms. The van der Waals surface area contributed by atoms with Crippen molar-refractivity contribution in [2.45, 2.75) is 0 Å². The van der Waals surface area contributed by atoms with E-state index in [0.717, 1.165) is 11.3 Å². The second-order valence-electron chi connectivity index (χ2n) is 3.56. The van der Waals surface area contributed by atoms with Crippen LogP contribution in [0.25, 0.3) is 16.9 Å². The van der Waals surface area contributed by atoms with Gasteiger partial charge in [-0.2, -0.15) is 4.98 Å². The molecule has 3 aromatic rings. The normalized spacial score (nSPS) is 10.7. The number of amides is 1. The minimum atomic E-state index is -1.20. The number of carbonyl (C=O) groups is 1. The second kappa shape index (κ2) is 3.88. The largest absolute Gasteiger partial charge is 0.472 e. The summed E-state index contributed by atoms with van der Waals surface area (Å²) in [4.78, 5) is 14.6. The van der Waals surface area contributed by atoms with Gasteiger partial charge in [0.25, 0.3) is 5.95 Å². The average Bonchev–Trinajstić information content (AvgIpc) is 2.94. The van der Waals surface area contributed by atoms with E-state index >= 15 is 0 Å². The number of nitrogens with zero attached hydrogens (tertiary/aromatic N) is 3. The van der Waals surface area contributed by atoms with E-state index in [1.807, 2.05) is 12.1 Å². The van der Waals surface area contributed by atoms with Crippen LogP contribution >= 0.6 is 0 Å². The number of hydrogen-bond donors (Lipinski definition) is 2. The van der Waals surface area contributed by atoms with E-state index in [4.69, 9.17) is 9.52 Å². The molecular weight excluding hydrogens is 236 g/mol. The molecule has 0 atom stereocenters. The van der Waals surface area contributed by atoms with Gasteiger partial charge < -0.3 is 9.52 Å². The molecule has 0 unspecified atom stereocenters. The molecule has 0 aromatic carbocycles. The molecule has 18 heavy (non-hydrogen) atoms. The Labute approximate surface area is 101 Å². The minimum absolute atomic E-state index is 0.0402. The van der Waals surface area contributed by atoms with Crippen molar-refractivity contribution in [1.29, 1.82) is 0 Å². The van der Waals surface area contributed by atoms with Crippen LogP contribution in [0.15, 0.2) is 41.2 Å². The fourth-order valence-electron chi connectivity index (χ4n) is 1.68. The molecule has 0 radical (unpaired) electrons. The number of fused-ring (bicyclic) bond motifs is 1. The van der Waals surface area contributed by atoms with E-state index in [2.05, 4.69) is 15.4 Å². The van der Waals surface area contributed by atoms with Gasteiger partial charge in [0.2, 0.25) is 0 Å². The summed E-state index contributed by atoms with van der Waals surface area (Å²) in [6, 6.07) is 7.19. The number of furan rings is 1. The minimum Gasteiger partial charge on any atom is -0.472 e. The van der Waals surface area contributed by atoms with Crippen LogP contribution in [0, 0.1) is 0 Å². The highest BCUT2D eigenvalue weighted by molar-refractivity contribution is 5.80. The zero-order chi connectivity index (χ0) is 12.5. The van der Waals surface area contributed by atoms with Gasteiger partial charge in [0.15, 0.2) is 5.65 Å². The number of aromatic nitrogens is 3. The summed E-state index contributed by atoms with van der Waals surface area (Å²) in [6.07, 6.45) is 1.94. The first-order valence-electron chi connectivity index (χ1n) is 5.12. The van der Waals surface area contributed by atoms with Crippen LogP contribution in [-0.2, 0) is 0 Å². The zero-order valence-corrected chi connectivity index (χ0v) is 9.07. The SMILES string of the molecule is O=C(O)Nc1nc2cccc(-c3ccoc3)n2n1. The molecule has 0 aliphatic heterocycles. The monoisotopic (exact) mass is 244 g/mol. The Kier molecular flexibility index (Phi) is 2.23. The molecule has 3 heterocycles. The number of pyridine rings is 1. The van der Waals surface area contributed by atoms with E-state index in [9.17, 15) is 4.79 Å². The molecule has 1 amide bonds. The van der Waals surface area contributed by atoms with E-state index in [0.29, 0.717) is 5.65 Å². The third kappa shape index (κ3) is 1.67. The van der Waals surface area contributed by atoms with Crippen LogP contribution in [0.3, 0.4) is 0 Å². The summed E-state index contributed by atoms with van der Waals surface area (Å²) in [7, 11) is 0. The Hall–Kier alpha value is -2.83. The quantitative estimate of drug-likeness (QED) is 0.719. The second-order valence-corrected chi connectivity index (χ2v) is 3.56. The summed E-state index contributed by atoms with van der Waals surface area (Å²) < 4.78 is 6.57. The summed E-state index contributed by atoms with van der Waals surface area (Å²) >= 11 is 0. The van der Waals surface area contributed by atoms with Crippen molar-refractivity contribution in [3.63, 3.8) is 0 Å². The number of rotatable bonds is 2. The predicted molar refractivity (Wildman–Crippen MR) is 62.3 cm³/mol. The van der Waals surface area contributed by atoms with Crippen LogP contribution in [0.5, 0.6) is 0 Å². The van der Waals surface area contributed by atoms with E-state index in [1.54, 1.807) is 29.2 Å². The number of nitrogens with one attached hydrogen (secondary N) is 1. The lowest BCUT2D eigenvalue weighted by Gasteiger charge is -1.99. The molecule has 90 valence electrons. The van der Waals surface area contributed by atoms with Gasteiger partial charge in [0.1, 0.15) is 0 Å². The summed E-state index contributed by atoms with van der Waals surface area (Å²) in [6.45, 7) is 0. The molecule has 7 nitrogen and oxygen atoms in total. The fraction of sp³-hybridized carbons (Fsp3) is 0. The lowest BCUT2D eigenvalue weighted by molar-refractivity contribution is 0.209. The Morgan fingerprint density at radius 2 is 2.28 bits per heavy atom. The Morgan fingerprint density at radius 1 is 1.39 bits per heavy atom. The standard InChI is InChI=1S/C11H8N4O3/c16-11(17)13-10-12-9-3-1-2-8(15(9)14-10)7-4-5-18-6-7/h1-6H,(H,13,14)(H,16,17). The summed E-state index contributed by atoms with van der Waals surface area (Å²) in [5.41, 5.74) is 2.16. The van der Waals surface area contributed by atoms with Crippen molar-refractivity contribution in [2.24, 2.45) is 0 Å². The van der Waals surface area contributed by atoms with Gasteiger partial charge in [-0.1, -0.05) is 6.07 Å². The Balaban J connectivity index is 2.16. The number of anilines is 1. The molecule has 0 spiro atoms. The van der Waals surface area contributed by atoms with Crippen molar-refractivity contribution < 1.29 is 14.3 Å². The average molecular weight is 244 g/mol.